The number of sulfonamides is 1. The van der Waals surface area contributed by atoms with Crippen LogP contribution in [0.3, 0.4) is 0 Å². The summed E-state index contributed by atoms with van der Waals surface area (Å²) in [6.07, 6.45) is 6.17. The summed E-state index contributed by atoms with van der Waals surface area (Å²) in [5, 5.41) is 3.66. The first-order chi connectivity index (χ1) is 13.5. The third kappa shape index (κ3) is 3.51. The van der Waals surface area contributed by atoms with Crippen LogP contribution < -0.4 is 5.32 Å². The molecule has 0 unspecified atom stereocenters. The number of hydrogen-bond donors (Lipinski definition) is 1. The summed E-state index contributed by atoms with van der Waals surface area (Å²) in [4.78, 5) is 13.4. The fourth-order valence-corrected chi connectivity index (χ4v) is 7.90. The van der Waals surface area contributed by atoms with Gasteiger partial charge in [0.2, 0.25) is 15.9 Å². The van der Waals surface area contributed by atoms with E-state index in [4.69, 9.17) is 11.6 Å². The summed E-state index contributed by atoms with van der Waals surface area (Å²) in [5.74, 6) is 2.52. The maximum atomic E-state index is 13.3. The molecule has 29 heavy (non-hydrogen) atoms. The largest absolute Gasteiger partial charge is 0.351 e. The molecule has 1 N–H and O–H groups in total. The van der Waals surface area contributed by atoms with Crippen molar-refractivity contribution in [1.29, 1.82) is 0 Å². The van der Waals surface area contributed by atoms with Gasteiger partial charge in [0.05, 0.1) is 4.90 Å². The number of benzene rings is 1. The first-order valence-electron chi connectivity index (χ1n) is 10.6. The summed E-state index contributed by atoms with van der Waals surface area (Å²) < 4.78 is 27.7. The van der Waals surface area contributed by atoms with Crippen molar-refractivity contribution < 1.29 is 13.2 Å². The van der Waals surface area contributed by atoms with E-state index < -0.39 is 15.6 Å². The Morgan fingerprint density at radius 2 is 1.66 bits per heavy atom. The quantitative estimate of drug-likeness (QED) is 0.755. The van der Waals surface area contributed by atoms with Crippen LogP contribution in [0.25, 0.3) is 0 Å². The van der Waals surface area contributed by atoms with E-state index in [1.165, 1.54) is 43.5 Å². The molecule has 5 rings (SSSR count). The van der Waals surface area contributed by atoms with Crippen LogP contribution in [-0.4, -0.2) is 37.3 Å². The van der Waals surface area contributed by atoms with Crippen LogP contribution in [0.15, 0.2) is 23.1 Å². The number of nitrogens with one attached hydrogen (secondary N) is 1. The molecule has 7 heteroatoms. The van der Waals surface area contributed by atoms with Gasteiger partial charge in [0.1, 0.15) is 5.54 Å². The highest BCUT2D eigenvalue weighted by atomic mass is 35.5. The maximum Gasteiger partial charge on any atom is 0.244 e. The lowest BCUT2D eigenvalue weighted by molar-refractivity contribution is -0.132. The van der Waals surface area contributed by atoms with Gasteiger partial charge in [-0.2, -0.15) is 4.31 Å². The normalized spacial score (nSPS) is 31.3. The lowest BCUT2D eigenvalue weighted by Gasteiger charge is -2.54. The molecule has 4 saturated carbocycles. The Labute approximate surface area is 179 Å². The molecule has 0 aromatic heterocycles. The summed E-state index contributed by atoms with van der Waals surface area (Å²) in [6.45, 7) is 5.04. The molecular formula is C22H31ClN2O3S. The van der Waals surface area contributed by atoms with Crippen molar-refractivity contribution in [2.75, 3.05) is 7.05 Å². The molecular weight excluding hydrogens is 408 g/mol. The second-order valence-electron chi connectivity index (χ2n) is 9.82. The van der Waals surface area contributed by atoms with E-state index >= 15 is 0 Å². The van der Waals surface area contributed by atoms with Crippen molar-refractivity contribution in [1.82, 2.24) is 9.62 Å². The zero-order chi connectivity index (χ0) is 21.1. The number of carbonyl (C=O) groups excluding carboxylic acids is 1. The Morgan fingerprint density at radius 1 is 1.10 bits per heavy atom. The van der Waals surface area contributed by atoms with E-state index in [1.54, 1.807) is 39.0 Å². The van der Waals surface area contributed by atoms with Gasteiger partial charge < -0.3 is 5.32 Å². The van der Waals surface area contributed by atoms with Crippen molar-refractivity contribution in [3.8, 4) is 0 Å². The molecule has 0 aliphatic heterocycles. The minimum atomic E-state index is -3.87. The van der Waals surface area contributed by atoms with Crippen LogP contribution in [0.5, 0.6) is 0 Å². The molecule has 0 saturated heterocycles. The fraction of sp³-hybridized carbons (Fsp3) is 0.682. The zero-order valence-corrected chi connectivity index (χ0v) is 19.2. The van der Waals surface area contributed by atoms with Crippen LogP contribution in [0, 0.1) is 30.6 Å². The highest BCUT2D eigenvalue weighted by Crippen LogP contribution is 2.53. The number of carbonyl (C=O) groups is 1. The monoisotopic (exact) mass is 438 g/mol. The van der Waals surface area contributed by atoms with Crippen LogP contribution in [0.4, 0.5) is 0 Å². The van der Waals surface area contributed by atoms with Gasteiger partial charge in [0.15, 0.2) is 0 Å². The minimum absolute atomic E-state index is 0.142. The van der Waals surface area contributed by atoms with Crippen molar-refractivity contribution in [2.24, 2.45) is 23.7 Å². The van der Waals surface area contributed by atoms with E-state index in [1.807, 2.05) is 0 Å². The molecule has 4 fully saturated rings. The average molecular weight is 439 g/mol. The lowest BCUT2D eigenvalue weighted by Crippen LogP contribution is -2.62. The summed E-state index contributed by atoms with van der Waals surface area (Å²) in [7, 11) is -2.39. The Hall–Kier alpha value is -1.11. The second-order valence-corrected chi connectivity index (χ2v) is 12.2. The van der Waals surface area contributed by atoms with E-state index in [2.05, 4.69) is 5.32 Å². The van der Waals surface area contributed by atoms with Crippen molar-refractivity contribution >= 4 is 27.5 Å². The average Bonchev–Trinajstić information content (AvgIpc) is 2.65. The molecule has 4 aliphatic carbocycles. The molecule has 0 spiro atoms. The Balaban J connectivity index is 1.54. The molecule has 160 valence electrons. The molecule has 1 amide bonds. The first-order valence-corrected chi connectivity index (χ1v) is 12.4. The van der Waals surface area contributed by atoms with Gasteiger partial charge in [0.25, 0.3) is 0 Å². The Morgan fingerprint density at radius 3 is 2.21 bits per heavy atom. The van der Waals surface area contributed by atoms with Crippen LogP contribution in [0.2, 0.25) is 5.02 Å². The van der Waals surface area contributed by atoms with Crippen LogP contribution in [-0.2, 0) is 14.8 Å². The van der Waals surface area contributed by atoms with Crippen molar-refractivity contribution in [2.45, 2.75) is 69.4 Å². The van der Waals surface area contributed by atoms with Gasteiger partial charge >= 0.3 is 0 Å². The van der Waals surface area contributed by atoms with E-state index in [0.29, 0.717) is 22.4 Å². The predicted octanol–water partition coefficient (Wildman–Crippen LogP) is 3.99. The van der Waals surface area contributed by atoms with E-state index in [9.17, 15) is 13.2 Å². The van der Waals surface area contributed by atoms with Crippen LogP contribution in [0.1, 0.15) is 51.5 Å². The van der Waals surface area contributed by atoms with Crippen molar-refractivity contribution in [3.63, 3.8) is 0 Å². The van der Waals surface area contributed by atoms with Gasteiger partial charge in [-0.25, -0.2) is 8.42 Å². The number of amides is 1. The van der Waals surface area contributed by atoms with Gasteiger partial charge in [-0.1, -0.05) is 17.7 Å². The second kappa shape index (κ2) is 7.24. The molecule has 0 heterocycles. The molecule has 5 nitrogen and oxygen atoms in total. The summed E-state index contributed by atoms with van der Waals surface area (Å²) in [6, 6.07) is 5.01. The van der Waals surface area contributed by atoms with Gasteiger partial charge in [-0.3, -0.25) is 4.79 Å². The minimum Gasteiger partial charge on any atom is -0.351 e. The first kappa shape index (κ1) is 21.1. The number of nitrogens with zero attached hydrogens (tertiary/aromatic N) is 1. The predicted molar refractivity (Wildman–Crippen MR) is 114 cm³/mol. The molecule has 0 radical (unpaired) electrons. The van der Waals surface area contributed by atoms with Crippen molar-refractivity contribution in [3.05, 3.63) is 28.8 Å². The number of likely N-dealkylation sites (N-methyl/N-ethyl adjacent to an activating group) is 1. The topological polar surface area (TPSA) is 66.5 Å². The smallest absolute Gasteiger partial charge is 0.244 e. The molecule has 1 aromatic rings. The summed E-state index contributed by atoms with van der Waals surface area (Å²) in [5.41, 5.74) is -0.708. The zero-order valence-electron chi connectivity index (χ0n) is 17.6. The highest BCUT2D eigenvalue weighted by Gasteiger charge is 2.50. The number of halogens is 1. The Kier molecular flexibility index (Phi) is 5.28. The Bertz CT molecular complexity index is 900. The molecule has 0 atom stereocenters. The summed E-state index contributed by atoms with van der Waals surface area (Å²) >= 11 is 6.14. The van der Waals surface area contributed by atoms with E-state index in [-0.39, 0.29) is 16.8 Å². The molecule has 4 aliphatic rings. The SMILES string of the molecule is Cc1c(Cl)cccc1S(=O)(=O)N(C)C(C)(C)C(=O)NC1C2C[C@H]3CC1C[C@H](C2)C3. The number of hydrogen-bond acceptors (Lipinski definition) is 3. The van der Waals surface area contributed by atoms with E-state index in [0.717, 1.165) is 11.8 Å². The lowest BCUT2D eigenvalue weighted by atomic mass is 9.54. The van der Waals surface area contributed by atoms with Gasteiger partial charge in [-0.15, -0.1) is 0 Å². The maximum absolute atomic E-state index is 13.3. The highest BCUT2D eigenvalue weighted by molar-refractivity contribution is 7.89. The molecule has 1 aromatic carbocycles. The third-order valence-electron chi connectivity index (χ3n) is 7.72. The van der Waals surface area contributed by atoms with Gasteiger partial charge in [0, 0.05) is 18.1 Å². The number of rotatable bonds is 5. The fourth-order valence-electron chi connectivity index (χ4n) is 5.95. The van der Waals surface area contributed by atoms with Gasteiger partial charge in [-0.05, 0) is 94.2 Å². The van der Waals surface area contributed by atoms with Crippen LogP contribution >= 0.6 is 11.6 Å². The third-order valence-corrected chi connectivity index (χ3v) is 10.3. The molecule has 4 bridgehead atoms. The standard InChI is InChI=1S/C22H31ClN2O3S/c1-13-18(23)6-5-7-19(13)29(27,28)25(4)22(2,3)21(26)24-20-16-9-14-8-15(11-16)12-17(20)10-14/h5-7,14-17,20H,8-12H2,1-4H3,(H,24,26)/t14-,15-,16?,17?,20?.